The third-order valence-electron chi connectivity index (χ3n) is 12.4. The van der Waals surface area contributed by atoms with Crippen LogP contribution in [0.2, 0.25) is 19.6 Å². The number of rotatable bonds is 8. The van der Waals surface area contributed by atoms with Crippen LogP contribution in [-0.4, -0.2) is 22.6 Å². The van der Waals surface area contributed by atoms with Crippen LogP contribution in [0.3, 0.4) is 0 Å². The standard InChI is InChI=1S/C44H34N3O.C15H15F3NSi.Ir/c1-27(2)37-24-33(31-22-20-30(21-23-31)29-12-6-5-7-13-29)25-38(28(3)4)41(37)47-40-19-9-8-18-39(40)46-44(47)36-17-11-16-35-34-15-10-14-32(26-45)42(34)48-43(35)36;1-20(2,3)13-8-9-14(19-10-13)11-4-6-12(7-5-11)15(16,17)18;/h5-16,18-25,27-28H,1-4H3;4,6-10H,1-3H3;/q2*-1;. The van der Waals surface area contributed by atoms with Crippen molar-refractivity contribution in [2.45, 2.75) is 65.3 Å². The summed E-state index contributed by atoms with van der Waals surface area (Å²) in [7, 11) is -1.41. The number of furan rings is 1. The van der Waals surface area contributed by atoms with Gasteiger partial charge in [-0.05, 0) is 92.0 Å². The van der Waals surface area contributed by atoms with Gasteiger partial charge >= 0.3 is 6.18 Å². The molecule has 3 heterocycles. The summed E-state index contributed by atoms with van der Waals surface area (Å²) in [5, 5.41) is 12.9. The van der Waals surface area contributed by atoms with E-state index in [1.165, 1.54) is 44.6 Å². The Balaban J connectivity index is 0.000000257. The Bertz CT molecular complexity index is 3390. The minimum atomic E-state index is -4.33. The van der Waals surface area contributed by atoms with Gasteiger partial charge in [-0.25, -0.2) is 0 Å². The van der Waals surface area contributed by atoms with Gasteiger partial charge in [0, 0.05) is 37.4 Å². The maximum atomic E-state index is 12.5. The molecule has 0 amide bonds. The topological polar surface area (TPSA) is 67.6 Å². The Morgan fingerprint density at radius 1 is 0.681 bits per heavy atom. The van der Waals surface area contributed by atoms with Crippen molar-refractivity contribution in [1.29, 1.82) is 5.26 Å². The third kappa shape index (κ3) is 9.73. The molecule has 0 unspecified atom stereocenters. The van der Waals surface area contributed by atoms with Gasteiger partial charge in [-0.15, -0.1) is 48.0 Å². The number of nitrogens with zero attached hydrogens (tertiary/aromatic N) is 4. The fourth-order valence-electron chi connectivity index (χ4n) is 8.67. The Morgan fingerprint density at radius 3 is 1.91 bits per heavy atom. The van der Waals surface area contributed by atoms with Crippen molar-refractivity contribution in [2.24, 2.45) is 0 Å². The molecule has 0 aliphatic rings. The second-order valence-corrected chi connectivity index (χ2v) is 23.8. The van der Waals surface area contributed by atoms with E-state index in [-0.39, 0.29) is 31.9 Å². The number of fused-ring (bicyclic) bond motifs is 4. The zero-order valence-electron chi connectivity index (χ0n) is 39.3. The van der Waals surface area contributed by atoms with Gasteiger partial charge in [0.2, 0.25) is 0 Å². The van der Waals surface area contributed by atoms with E-state index in [1.54, 1.807) is 6.07 Å². The summed E-state index contributed by atoms with van der Waals surface area (Å²) in [4.78, 5) is 9.58. The fourth-order valence-corrected chi connectivity index (χ4v) is 9.70. The average molecular weight is 1110 g/mol. The first-order valence-corrected chi connectivity index (χ1v) is 26.2. The van der Waals surface area contributed by atoms with Crippen LogP contribution in [0.1, 0.15) is 61.8 Å². The molecular formula is C59H49F3IrN4OSi-2. The minimum Gasteiger partial charge on any atom is -0.499 e. The Labute approximate surface area is 415 Å². The molecule has 0 N–H and O–H groups in total. The molecule has 10 aromatic rings. The van der Waals surface area contributed by atoms with Crippen LogP contribution >= 0.6 is 0 Å². The van der Waals surface area contributed by atoms with Crippen molar-refractivity contribution in [2.75, 3.05) is 0 Å². The number of halogens is 3. The summed E-state index contributed by atoms with van der Waals surface area (Å²) >= 11 is 0. The minimum absolute atomic E-state index is 0. The molecule has 0 saturated carbocycles. The van der Waals surface area contributed by atoms with Crippen molar-refractivity contribution in [3.8, 4) is 56.7 Å². The van der Waals surface area contributed by atoms with E-state index in [0.717, 1.165) is 51.0 Å². The molecular weight excluding hydrogens is 1060 g/mol. The maximum absolute atomic E-state index is 12.5. The van der Waals surface area contributed by atoms with Gasteiger partial charge in [-0.1, -0.05) is 149 Å². The summed E-state index contributed by atoms with van der Waals surface area (Å²) in [5.41, 5.74) is 13.4. The molecule has 7 aromatic carbocycles. The van der Waals surface area contributed by atoms with Crippen molar-refractivity contribution >= 4 is 46.2 Å². The van der Waals surface area contributed by atoms with E-state index >= 15 is 0 Å². The predicted molar refractivity (Wildman–Crippen MR) is 273 cm³/mol. The molecule has 0 bridgehead atoms. The Morgan fingerprint density at radius 2 is 1.32 bits per heavy atom. The molecule has 0 fully saturated rings. The van der Waals surface area contributed by atoms with Crippen LogP contribution in [-0.2, 0) is 26.3 Å². The number of para-hydroxylation sites is 3. The molecule has 5 nitrogen and oxygen atoms in total. The van der Waals surface area contributed by atoms with E-state index in [4.69, 9.17) is 9.40 Å². The molecule has 347 valence electrons. The summed E-state index contributed by atoms with van der Waals surface area (Å²) < 4.78 is 46.3. The number of pyridine rings is 1. The number of aromatic nitrogens is 3. The predicted octanol–water partition coefficient (Wildman–Crippen LogP) is 16.0. The summed E-state index contributed by atoms with van der Waals surface area (Å²) in [6.07, 6.45) is -2.52. The summed E-state index contributed by atoms with van der Waals surface area (Å²) in [6.45, 7) is 15.7. The fraction of sp³-hybridized carbons (Fsp3) is 0.169. The molecule has 0 aliphatic carbocycles. The van der Waals surface area contributed by atoms with E-state index in [1.807, 2.05) is 48.7 Å². The molecule has 0 atom stereocenters. The SMILES string of the molecule is CC(C)c1cc(-c2ccc(-c3ccccc3)cc2)cc(C(C)C)c1-n1c(-c2[c-]ccc3c2oc2c(C#N)cccc23)nc2ccccc21.C[Si](C)(C)c1ccc(-c2[c-]cc(C(F)(F)F)cc2)nc1.[Ir]. The van der Waals surface area contributed by atoms with Crippen LogP contribution in [0, 0.1) is 23.5 Å². The largest absolute Gasteiger partial charge is 0.499 e. The number of nitriles is 1. The van der Waals surface area contributed by atoms with Crippen molar-refractivity contribution in [1.82, 2.24) is 14.5 Å². The first-order chi connectivity index (χ1) is 32.6. The monoisotopic (exact) mass is 1110 g/mol. The zero-order valence-corrected chi connectivity index (χ0v) is 42.7. The number of hydrogen-bond acceptors (Lipinski definition) is 4. The maximum Gasteiger partial charge on any atom is 0.381 e. The van der Waals surface area contributed by atoms with Crippen LogP contribution in [0.5, 0.6) is 0 Å². The van der Waals surface area contributed by atoms with Gasteiger partial charge in [0.15, 0.2) is 0 Å². The normalized spacial score (nSPS) is 11.8. The van der Waals surface area contributed by atoms with Gasteiger partial charge in [-0.3, -0.25) is 4.98 Å². The summed E-state index contributed by atoms with van der Waals surface area (Å²) in [6, 6.07) is 57.8. The Hall–Kier alpha value is -6.89. The van der Waals surface area contributed by atoms with Crippen LogP contribution in [0.4, 0.5) is 13.2 Å². The number of alkyl halides is 3. The van der Waals surface area contributed by atoms with E-state index in [9.17, 15) is 18.4 Å². The van der Waals surface area contributed by atoms with E-state index in [0.29, 0.717) is 28.0 Å². The van der Waals surface area contributed by atoms with Gasteiger partial charge in [0.05, 0.1) is 36.1 Å². The molecule has 69 heavy (non-hydrogen) atoms. The molecule has 3 aromatic heterocycles. The number of benzene rings is 7. The van der Waals surface area contributed by atoms with Gasteiger partial charge in [0.25, 0.3) is 0 Å². The van der Waals surface area contributed by atoms with Crippen LogP contribution in [0.25, 0.3) is 83.6 Å². The molecule has 0 spiro atoms. The van der Waals surface area contributed by atoms with Crippen LogP contribution < -0.4 is 5.19 Å². The van der Waals surface area contributed by atoms with Crippen molar-refractivity contribution < 1.29 is 37.7 Å². The third-order valence-corrected chi connectivity index (χ3v) is 14.4. The smallest absolute Gasteiger partial charge is 0.381 e. The van der Waals surface area contributed by atoms with Crippen molar-refractivity contribution in [3.63, 3.8) is 0 Å². The van der Waals surface area contributed by atoms with Gasteiger partial charge in [0.1, 0.15) is 11.7 Å². The molecule has 10 rings (SSSR count). The van der Waals surface area contributed by atoms with Gasteiger partial charge < -0.3 is 14.0 Å². The Kier molecular flexibility index (Phi) is 13.8. The van der Waals surface area contributed by atoms with Gasteiger partial charge in [-0.2, -0.15) is 18.4 Å². The zero-order chi connectivity index (χ0) is 47.9. The van der Waals surface area contributed by atoms with Crippen LogP contribution in [0.15, 0.2) is 162 Å². The number of hydrogen-bond donors (Lipinski definition) is 0. The first-order valence-electron chi connectivity index (χ1n) is 22.7. The molecule has 0 saturated heterocycles. The second kappa shape index (κ2) is 19.6. The first kappa shape index (κ1) is 48.6. The average Bonchev–Trinajstić information content (AvgIpc) is 3.93. The molecule has 1 radical (unpaired) electrons. The summed E-state index contributed by atoms with van der Waals surface area (Å²) in [5.74, 6) is 1.24. The number of imidazole rings is 1. The second-order valence-electron chi connectivity index (χ2n) is 18.7. The molecule has 10 heteroatoms. The van der Waals surface area contributed by atoms with E-state index in [2.05, 4.69) is 160 Å². The molecule has 0 aliphatic heterocycles. The quantitative estimate of drug-likeness (QED) is 0.112. The van der Waals surface area contributed by atoms with E-state index < -0.39 is 19.8 Å². The van der Waals surface area contributed by atoms with Crippen molar-refractivity contribution in [3.05, 3.63) is 192 Å².